The molecule has 0 aliphatic heterocycles. The van der Waals surface area contributed by atoms with Gasteiger partial charge in [0.2, 0.25) is 0 Å². The molecular formula is C12H18N2O2S. The van der Waals surface area contributed by atoms with Crippen LogP contribution in [0.1, 0.15) is 44.2 Å². The summed E-state index contributed by atoms with van der Waals surface area (Å²) in [6.07, 6.45) is 8.86. The summed E-state index contributed by atoms with van der Waals surface area (Å²) in [6, 6.07) is 0. The van der Waals surface area contributed by atoms with E-state index in [0.29, 0.717) is 5.92 Å². The van der Waals surface area contributed by atoms with Crippen LogP contribution in [0.4, 0.5) is 0 Å². The molecule has 0 aromatic carbocycles. The minimum atomic E-state index is -3.23. The van der Waals surface area contributed by atoms with Crippen molar-refractivity contribution < 1.29 is 8.42 Å². The fraction of sp³-hybridized carbons (Fsp3) is 0.667. The molecule has 0 atom stereocenters. The average molecular weight is 254 g/mol. The van der Waals surface area contributed by atoms with Crippen LogP contribution in [0.3, 0.4) is 0 Å². The van der Waals surface area contributed by atoms with E-state index in [2.05, 4.69) is 16.9 Å². The lowest BCUT2D eigenvalue weighted by Gasteiger charge is -2.25. The first-order valence-corrected chi connectivity index (χ1v) is 7.88. The molecule has 1 aliphatic rings. The second kappa shape index (κ2) is 4.72. The smallest absolute Gasteiger partial charge is 0.194 e. The van der Waals surface area contributed by atoms with Gasteiger partial charge in [0.15, 0.2) is 14.9 Å². The first kappa shape index (κ1) is 12.5. The normalized spacial score (nSPS) is 25.8. The van der Waals surface area contributed by atoms with Gasteiger partial charge >= 0.3 is 0 Å². The fourth-order valence-electron chi connectivity index (χ4n) is 2.28. The van der Waals surface area contributed by atoms with Crippen molar-refractivity contribution in [2.45, 2.75) is 43.6 Å². The zero-order valence-electron chi connectivity index (χ0n) is 10.3. The van der Waals surface area contributed by atoms with Crippen LogP contribution in [-0.4, -0.2) is 24.6 Å². The number of hydrogen-bond acceptors (Lipinski definition) is 4. The minimum absolute atomic E-state index is 0.0606. The number of hydrogen-bond donors (Lipinski definition) is 0. The molecule has 1 saturated carbocycles. The molecule has 0 N–H and O–H groups in total. The van der Waals surface area contributed by atoms with Gasteiger partial charge in [-0.1, -0.05) is 19.8 Å². The van der Waals surface area contributed by atoms with E-state index in [4.69, 9.17) is 0 Å². The summed E-state index contributed by atoms with van der Waals surface area (Å²) in [5.74, 6) is 1.25. The topological polar surface area (TPSA) is 59.9 Å². The fourth-order valence-corrected chi connectivity index (χ4v) is 2.77. The molecule has 94 valence electrons. The molecule has 1 aliphatic carbocycles. The predicted octanol–water partition coefficient (Wildman–Crippen LogP) is 2.17. The van der Waals surface area contributed by atoms with E-state index in [-0.39, 0.29) is 5.03 Å². The second-order valence-electron chi connectivity index (χ2n) is 5.01. The van der Waals surface area contributed by atoms with Crippen LogP contribution in [0.2, 0.25) is 0 Å². The average Bonchev–Trinajstić information content (AvgIpc) is 2.29. The summed E-state index contributed by atoms with van der Waals surface area (Å²) in [4.78, 5) is 8.25. The van der Waals surface area contributed by atoms with Gasteiger partial charge in [-0.2, -0.15) is 0 Å². The standard InChI is InChI=1S/C12H18N2O2S/c1-9-3-5-10(6-4-9)11-7-14-12(8-13-11)17(2,15)16/h7-10H,3-6H2,1-2H3. The first-order valence-electron chi connectivity index (χ1n) is 5.99. The van der Waals surface area contributed by atoms with Crippen molar-refractivity contribution >= 4 is 9.84 Å². The van der Waals surface area contributed by atoms with Crippen molar-refractivity contribution in [3.05, 3.63) is 18.1 Å². The summed E-state index contributed by atoms with van der Waals surface area (Å²) in [6.45, 7) is 2.27. The first-order chi connectivity index (χ1) is 7.97. The van der Waals surface area contributed by atoms with Gasteiger partial charge < -0.3 is 0 Å². The summed E-state index contributed by atoms with van der Waals surface area (Å²) < 4.78 is 22.5. The van der Waals surface area contributed by atoms with Crippen LogP contribution < -0.4 is 0 Å². The largest absolute Gasteiger partial charge is 0.256 e. The Morgan fingerprint density at radius 3 is 2.24 bits per heavy atom. The molecular weight excluding hydrogens is 236 g/mol. The molecule has 0 amide bonds. The monoisotopic (exact) mass is 254 g/mol. The van der Waals surface area contributed by atoms with E-state index in [9.17, 15) is 8.42 Å². The highest BCUT2D eigenvalue weighted by molar-refractivity contribution is 7.90. The third-order valence-corrected chi connectivity index (χ3v) is 4.43. The lowest BCUT2D eigenvalue weighted by atomic mass is 9.81. The molecule has 0 bridgehead atoms. The van der Waals surface area contributed by atoms with Gasteiger partial charge in [-0.3, -0.25) is 4.98 Å². The van der Waals surface area contributed by atoms with Crippen LogP contribution in [0.15, 0.2) is 17.4 Å². The summed E-state index contributed by atoms with van der Waals surface area (Å²) in [5.41, 5.74) is 0.935. The predicted molar refractivity (Wildman–Crippen MR) is 65.5 cm³/mol. The van der Waals surface area contributed by atoms with Gasteiger partial charge in [0, 0.05) is 12.2 Å². The Kier molecular flexibility index (Phi) is 3.47. The molecule has 1 heterocycles. The Morgan fingerprint density at radius 2 is 1.76 bits per heavy atom. The summed E-state index contributed by atoms with van der Waals surface area (Å²) in [7, 11) is -3.23. The van der Waals surface area contributed by atoms with E-state index < -0.39 is 9.84 Å². The van der Waals surface area contributed by atoms with Crippen LogP contribution in [-0.2, 0) is 9.84 Å². The second-order valence-corrected chi connectivity index (χ2v) is 6.97. The van der Waals surface area contributed by atoms with Crippen molar-refractivity contribution in [2.75, 3.05) is 6.26 Å². The quantitative estimate of drug-likeness (QED) is 0.811. The highest BCUT2D eigenvalue weighted by Gasteiger charge is 2.21. The Hall–Kier alpha value is -0.970. The number of aromatic nitrogens is 2. The van der Waals surface area contributed by atoms with Crippen molar-refractivity contribution in [3.8, 4) is 0 Å². The highest BCUT2D eigenvalue weighted by atomic mass is 32.2. The summed E-state index contributed by atoms with van der Waals surface area (Å²) >= 11 is 0. The van der Waals surface area contributed by atoms with E-state index >= 15 is 0 Å². The molecule has 2 rings (SSSR count). The lowest BCUT2D eigenvalue weighted by molar-refractivity contribution is 0.343. The van der Waals surface area contributed by atoms with Gasteiger partial charge in [-0.05, 0) is 18.8 Å². The van der Waals surface area contributed by atoms with Gasteiger partial charge in [0.25, 0.3) is 0 Å². The van der Waals surface area contributed by atoms with Crippen molar-refractivity contribution in [2.24, 2.45) is 5.92 Å². The molecule has 1 aromatic heterocycles. The Bertz CT molecular complexity index is 474. The van der Waals surface area contributed by atoms with Gasteiger partial charge in [0.05, 0.1) is 18.1 Å². The number of rotatable bonds is 2. The molecule has 1 fully saturated rings. The van der Waals surface area contributed by atoms with E-state index in [1.54, 1.807) is 6.20 Å². The van der Waals surface area contributed by atoms with E-state index in [1.165, 1.54) is 19.0 Å². The molecule has 4 nitrogen and oxygen atoms in total. The van der Waals surface area contributed by atoms with E-state index in [0.717, 1.165) is 30.7 Å². The molecule has 1 aromatic rings. The van der Waals surface area contributed by atoms with Crippen molar-refractivity contribution in [1.82, 2.24) is 9.97 Å². The minimum Gasteiger partial charge on any atom is -0.256 e. The SMILES string of the molecule is CC1CCC(c2cnc(S(C)(=O)=O)cn2)CC1. The molecule has 0 unspecified atom stereocenters. The molecule has 0 saturated heterocycles. The lowest BCUT2D eigenvalue weighted by Crippen LogP contribution is -2.13. The van der Waals surface area contributed by atoms with Gasteiger partial charge in [-0.15, -0.1) is 0 Å². The maximum Gasteiger partial charge on any atom is 0.194 e. The van der Waals surface area contributed by atoms with Gasteiger partial charge in [-0.25, -0.2) is 13.4 Å². The maximum absolute atomic E-state index is 11.3. The zero-order valence-corrected chi connectivity index (χ0v) is 11.1. The zero-order chi connectivity index (χ0) is 12.5. The Morgan fingerprint density at radius 1 is 1.12 bits per heavy atom. The Balaban J connectivity index is 2.13. The van der Waals surface area contributed by atoms with Gasteiger partial charge in [0.1, 0.15) is 0 Å². The third-order valence-electron chi connectivity index (χ3n) is 3.46. The molecule has 5 heteroatoms. The van der Waals surface area contributed by atoms with Crippen molar-refractivity contribution in [1.29, 1.82) is 0 Å². The maximum atomic E-state index is 11.3. The van der Waals surface area contributed by atoms with Crippen LogP contribution in [0, 0.1) is 5.92 Å². The van der Waals surface area contributed by atoms with Crippen LogP contribution in [0.25, 0.3) is 0 Å². The molecule has 0 spiro atoms. The Labute approximate surface area is 102 Å². The highest BCUT2D eigenvalue weighted by Crippen LogP contribution is 2.34. The number of nitrogens with zero attached hydrogens (tertiary/aromatic N) is 2. The number of sulfone groups is 1. The molecule has 0 radical (unpaired) electrons. The van der Waals surface area contributed by atoms with E-state index in [1.807, 2.05) is 0 Å². The summed E-state index contributed by atoms with van der Waals surface area (Å²) in [5, 5.41) is 0.0606. The van der Waals surface area contributed by atoms with Crippen molar-refractivity contribution in [3.63, 3.8) is 0 Å². The molecule has 17 heavy (non-hydrogen) atoms. The van der Waals surface area contributed by atoms with Crippen LogP contribution in [0.5, 0.6) is 0 Å². The third kappa shape index (κ3) is 3.03. The van der Waals surface area contributed by atoms with Crippen LogP contribution >= 0.6 is 0 Å².